The summed E-state index contributed by atoms with van der Waals surface area (Å²) >= 11 is 0. The minimum Gasteiger partial charge on any atom is -0.462 e. The molecule has 0 aliphatic heterocycles. The lowest BCUT2D eigenvalue weighted by Gasteiger charge is -1.91. The molecule has 4 heteroatoms. The summed E-state index contributed by atoms with van der Waals surface area (Å²) in [5.41, 5.74) is 0. The third-order valence-corrected chi connectivity index (χ3v) is 0.616. The zero-order chi connectivity index (χ0) is 6.41. The van der Waals surface area contributed by atoms with E-state index in [1.807, 2.05) is 9.39 Å². The van der Waals surface area contributed by atoms with Crippen molar-refractivity contribution in [3.8, 4) is 0 Å². The van der Waals surface area contributed by atoms with E-state index in [9.17, 15) is 4.79 Å². The molecule has 0 aromatic carbocycles. The summed E-state index contributed by atoms with van der Waals surface area (Å²) in [5, 5.41) is 0. The van der Waals surface area contributed by atoms with Crippen LogP contribution in [-0.4, -0.2) is 18.8 Å². The summed E-state index contributed by atoms with van der Waals surface area (Å²) < 4.78 is 7.85. The van der Waals surface area contributed by atoms with Gasteiger partial charge >= 0.3 is 5.97 Å². The van der Waals surface area contributed by atoms with Crippen LogP contribution in [0.5, 0.6) is 0 Å². The first-order chi connectivity index (χ1) is 3.81. The number of carbonyl (C=O) groups excluding carboxylic acids is 1. The average Bonchev–Trinajstić information content (AvgIpc) is 1.68. The molecule has 0 N–H and O–H groups in total. The quantitative estimate of drug-likeness (QED) is 0.311. The summed E-state index contributed by atoms with van der Waals surface area (Å²) in [4.78, 5) is 10.3. The highest BCUT2D eigenvalue weighted by molar-refractivity contribution is 7.15. The van der Waals surface area contributed by atoms with Gasteiger partial charge in [-0.25, -0.2) is 4.79 Å². The van der Waals surface area contributed by atoms with Gasteiger partial charge in [-0.15, -0.1) is 0 Å². The SMILES string of the molecule is CCOC(=O)C=NP. The van der Waals surface area contributed by atoms with Gasteiger partial charge in [0.2, 0.25) is 0 Å². The fourth-order valence-corrected chi connectivity index (χ4v) is 0.362. The predicted molar refractivity (Wildman–Crippen MR) is 34.8 cm³/mol. The second kappa shape index (κ2) is 4.72. The molecule has 0 fully saturated rings. The first-order valence-electron chi connectivity index (χ1n) is 2.21. The standard InChI is InChI=1S/C4H8NO2P/c1-2-7-4(6)3-5-8/h3H,2,8H2,1H3. The van der Waals surface area contributed by atoms with Gasteiger partial charge in [0.05, 0.1) is 6.61 Å². The molecule has 0 saturated heterocycles. The van der Waals surface area contributed by atoms with Crippen LogP contribution >= 0.6 is 9.39 Å². The Labute approximate surface area is 50.4 Å². The fourth-order valence-electron chi connectivity index (χ4n) is 0.240. The van der Waals surface area contributed by atoms with Gasteiger partial charge in [0.1, 0.15) is 6.21 Å². The molecule has 8 heavy (non-hydrogen) atoms. The van der Waals surface area contributed by atoms with Crippen molar-refractivity contribution >= 4 is 21.6 Å². The van der Waals surface area contributed by atoms with Crippen LogP contribution in [0.4, 0.5) is 0 Å². The molecule has 0 radical (unpaired) electrons. The largest absolute Gasteiger partial charge is 0.462 e. The van der Waals surface area contributed by atoms with Crippen LogP contribution in [0.25, 0.3) is 0 Å². The number of rotatable bonds is 2. The summed E-state index contributed by atoms with van der Waals surface area (Å²) in [6.45, 7) is 2.14. The Bertz CT molecular complexity index is 102. The molecule has 46 valence electrons. The number of hydrogen-bond donors (Lipinski definition) is 0. The first kappa shape index (κ1) is 7.57. The highest BCUT2D eigenvalue weighted by Crippen LogP contribution is 1.79. The molecule has 0 aromatic rings. The van der Waals surface area contributed by atoms with E-state index in [1.165, 1.54) is 0 Å². The molecule has 0 spiro atoms. The van der Waals surface area contributed by atoms with Gasteiger partial charge in [-0.05, 0) is 16.3 Å². The van der Waals surface area contributed by atoms with Crippen LogP contribution in [0.1, 0.15) is 6.92 Å². The van der Waals surface area contributed by atoms with Crippen molar-refractivity contribution in [2.24, 2.45) is 4.76 Å². The number of hydrogen-bond acceptors (Lipinski definition) is 3. The van der Waals surface area contributed by atoms with Gasteiger partial charge in [0.15, 0.2) is 0 Å². The Balaban J connectivity index is 3.33. The van der Waals surface area contributed by atoms with E-state index in [0.29, 0.717) is 6.61 Å². The van der Waals surface area contributed by atoms with Crippen molar-refractivity contribution < 1.29 is 9.53 Å². The van der Waals surface area contributed by atoms with Crippen LogP contribution in [0.2, 0.25) is 0 Å². The van der Waals surface area contributed by atoms with E-state index < -0.39 is 5.97 Å². The first-order valence-corrected chi connectivity index (χ1v) is 2.73. The molecule has 0 amide bonds. The lowest BCUT2D eigenvalue weighted by atomic mass is 10.7. The van der Waals surface area contributed by atoms with Crippen LogP contribution in [0.15, 0.2) is 4.76 Å². The smallest absolute Gasteiger partial charge is 0.349 e. The molecular weight excluding hydrogens is 125 g/mol. The molecule has 3 nitrogen and oxygen atoms in total. The zero-order valence-electron chi connectivity index (χ0n) is 4.63. The highest BCUT2D eigenvalue weighted by Gasteiger charge is 1.90. The predicted octanol–water partition coefficient (Wildman–Crippen LogP) is 0.410. The molecular formula is C4H8NO2P. The van der Waals surface area contributed by atoms with E-state index in [0.717, 1.165) is 6.21 Å². The van der Waals surface area contributed by atoms with Crippen LogP contribution in [-0.2, 0) is 9.53 Å². The van der Waals surface area contributed by atoms with Crippen molar-refractivity contribution in [3.63, 3.8) is 0 Å². The number of ether oxygens (including phenoxy) is 1. The topological polar surface area (TPSA) is 38.7 Å². The van der Waals surface area contributed by atoms with Crippen molar-refractivity contribution in [2.75, 3.05) is 6.61 Å². The zero-order valence-corrected chi connectivity index (χ0v) is 5.78. The summed E-state index contributed by atoms with van der Waals surface area (Å²) in [5.74, 6) is -0.400. The Morgan fingerprint density at radius 3 is 3.00 bits per heavy atom. The summed E-state index contributed by atoms with van der Waals surface area (Å²) in [6.07, 6.45) is 1.11. The van der Waals surface area contributed by atoms with Gasteiger partial charge in [-0.2, -0.15) is 0 Å². The molecule has 0 aliphatic carbocycles. The van der Waals surface area contributed by atoms with E-state index >= 15 is 0 Å². The minimum atomic E-state index is -0.400. The Morgan fingerprint density at radius 1 is 2.00 bits per heavy atom. The van der Waals surface area contributed by atoms with Gasteiger partial charge in [-0.3, -0.25) is 4.76 Å². The lowest BCUT2D eigenvalue weighted by molar-refractivity contribution is -0.134. The van der Waals surface area contributed by atoms with Crippen molar-refractivity contribution in [3.05, 3.63) is 0 Å². The minimum absolute atomic E-state index is 0.398. The third-order valence-electron chi connectivity index (χ3n) is 0.467. The van der Waals surface area contributed by atoms with E-state index in [-0.39, 0.29) is 0 Å². The maximum absolute atomic E-state index is 10.3. The average molecular weight is 133 g/mol. The maximum atomic E-state index is 10.3. The van der Waals surface area contributed by atoms with E-state index in [4.69, 9.17) is 0 Å². The molecule has 0 rings (SSSR count). The third kappa shape index (κ3) is 3.75. The van der Waals surface area contributed by atoms with E-state index in [1.54, 1.807) is 6.92 Å². The van der Waals surface area contributed by atoms with Crippen LogP contribution < -0.4 is 0 Å². The van der Waals surface area contributed by atoms with Gasteiger partial charge in [0, 0.05) is 0 Å². The van der Waals surface area contributed by atoms with Crippen LogP contribution in [0.3, 0.4) is 0 Å². The van der Waals surface area contributed by atoms with Crippen LogP contribution in [0, 0.1) is 0 Å². The Morgan fingerprint density at radius 2 is 2.62 bits per heavy atom. The van der Waals surface area contributed by atoms with Crippen molar-refractivity contribution in [1.29, 1.82) is 0 Å². The number of carbonyl (C=O) groups is 1. The Kier molecular flexibility index (Phi) is 4.47. The summed E-state index contributed by atoms with van der Waals surface area (Å²) in [7, 11) is 2.04. The number of esters is 1. The maximum Gasteiger partial charge on any atom is 0.349 e. The van der Waals surface area contributed by atoms with Gasteiger partial charge in [-0.1, -0.05) is 0 Å². The second-order valence-corrected chi connectivity index (χ2v) is 1.33. The van der Waals surface area contributed by atoms with Crippen molar-refractivity contribution in [1.82, 2.24) is 0 Å². The lowest BCUT2D eigenvalue weighted by Crippen LogP contribution is -2.03. The normalized spacial score (nSPS) is 9.75. The second-order valence-electron chi connectivity index (χ2n) is 1.03. The van der Waals surface area contributed by atoms with Gasteiger partial charge in [0.25, 0.3) is 0 Å². The molecule has 1 atom stereocenters. The van der Waals surface area contributed by atoms with Gasteiger partial charge < -0.3 is 4.74 Å². The molecule has 1 unspecified atom stereocenters. The molecule has 0 aromatic heterocycles. The molecule has 0 saturated carbocycles. The molecule has 0 bridgehead atoms. The summed E-state index contributed by atoms with van der Waals surface area (Å²) in [6, 6.07) is 0. The molecule has 0 heterocycles. The highest BCUT2D eigenvalue weighted by atomic mass is 31.0. The molecule has 0 aliphatic rings. The van der Waals surface area contributed by atoms with E-state index in [2.05, 4.69) is 9.50 Å². The number of nitrogens with zero attached hydrogens (tertiary/aromatic N) is 1. The monoisotopic (exact) mass is 133 g/mol. The fraction of sp³-hybridized carbons (Fsp3) is 0.500. The Hall–Kier alpha value is -0.430. The van der Waals surface area contributed by atoms with Crippen molar-refractivity contribution in [2.45, 2.75) is 6.92 Å².